The number of nitrogens with one attached hydrogen (secondary N) is 1. The predicted molar refractivity (Wildman–Crippen MR) is 41.7 cm³/mol. The van der Waals surface area contributed by atoms with Gasteiger partial charge in [0.15, 0.2) is 0 Å². The molecule has 1 amide bonds. The third-order valence-corrected chi connectivity index (χ3v) is 1.23. The van der Waals surface area contributed by atoms with Crippen molar-refractivity contribution in [1.29, 1.82) is 0 Å². The highest BCUT2D eigenvalue weighted by atomic mass is 16.2. The molecule has 1 aromatic rings. The van der Waals surface area contributed by atoms with E-state index in [1.165, 1.54) is 30.2 Å². The smallest absolute Gasteiger partial charge is 0.327 e. The third kappa shape index (κ3) is 2.19. The van der Waals surface area contributed by atoms with Crippen LogP contribution in [0.5, 0.6) is 0 Å². The highest BCUT2D eigenvalue weighted by Gasteiger charge is 2.02. The molecule has 0 fully saturated rings. The van der Waals surface area contributed by atoms with E-state index < -0.39 is 0 Å². The summed E-state index contributed by atoms with van der Waals surface area (Å²) in [5.41, 5.74) is 0. The Kier molecular flexibility index (Phi) is 2.57. The topological polar surface area (TPSA) is 64.0 Å². The number of carbonyl (C=O) groups is 2. The standard InChI is InChI=1S/C7H9N3O2/c1-6(11)4-9-7(12)10-3-2-8-5-10/h2-3,5H,4H2,1H3,(H,9,12). The van der Waals surface area contributed by atoms with E-state index in [-0.39, 0.29) is 18.4 Å². The van der Waals surface area contributed by atoms with Crippen molar-refractivity contribution in [2.24, 2.45) is 0 Å². The molecule has 0 saturated heterocycles. The lowest BCUT2D eigenvalue weighted by Crippen LogP contribution is -2.31. The van der Waals surface area contributed by atoms with Crippen LogP contribution in [-0.2, 0) is 4.79 Å². The van der Waals surface area contributed by atoms with E-state index in [0.29, 0.717) is 0 Å². The number of aromatic nitrogens is 2. The molecule has 0 saturated carbocycles. The first kappa shape index (κ1) is 8.45. The van der Waals surface area contributed by atoms with Crippen LogP contribution in [0.15, 0.2) is 18.7 Å². The maximum Gasteiger partial charge on any atom is 0.327 e. The van der Waals surface area contributed by atoms with E-state index >= 15 is 0 Å². The second-order valence-corrected chi connectivity index (χ2v) is 2.33. The maximum atomic E-state index is 11.1. The van der Waals surface area contributed by atoms with Gasteiger partial charge in [-0.25, -0.2) is 9.78 Å². The number of hydrogen-bond donors (Lipinski definition) is 1. The lowest BCUT2D eigenvalue weighted by Gasteiger charge is -2.01. The van der Waals surface area contributed by atoms with Crippen LogP contribution in [0.4, 0.5) is 4.79 Å². The molecule has 0 aliphatic carbocycles. The molecule has 0 aromatic carbocycles. The van der Waals surface area contributed by atoms with Gasteiger partial charge in [0.05, 0.1) is 6.54 Å². The highest BCUT2D eigenvalue weighted by molar-refractivity contribution is 5.84. The summed E-state index contributed by atoms with van der Waals surface area (Å²) in [6, 6.07) is -0.345. The van der Waals surface area contributed by atoms with Gasteiger partial charge in [0.25, 0.3) is 0 Å². The number of Topliss-reactive ketones (excluding diaryl/α,β-unsaturated/α-hetero) is 1. The molecule has 0 bridgehead atoms. The van der Waals surface area contributed by atoms with Crippen LogP contribution in [-0.4, -0.2) is 27.9 Å². The van der Waals surface area contributed by atoms with Gasteiger partial charge in [-0.05, 0) is 6.92 Å². The molecule has 0 aliphatic heterocycles. The van der Waals surface area contributed by atoms with Gasteiger partial charge in [0.2, 0.25) is 0 Å². The van der Waals surface area contributed by atoms with E-state index in [1.807, 2.05) is 0 Å². The van der Waals surface area contributed by atoms with E-state index in [4.69, 9.17) is 0 Å². The number of amides is 1. The molecule has 1 rings (SSSR count). The van der Waals surface area contributed by atoms with Crippen LogP contribution in [0.3, 0.4) is 0 Å². The number of rotatable bonds is 2. The zero-order chi connectivity index (χ0) is 8.97. The second kappa shape index (κ2) is 3.66. The summed E-state index contributed by atoms with van der Waals surface area (Å²) in [5.74, 6) is -0.0801. The van der Waals surface area contributed by atoms with E-state index in [1.54, 1.807) is 0 Å². The minimum Gasteiger partial charge on any atom is -0.330 e. The number of hydrogen-bond acceptors (Lipinski definition) is 3. The number of nitrogens with zero attached hydrogens (tertiary/aromatic N) is 2. The Morgan fingerprint density at radius 3 is 2.83 bits per heavy atom. The van der Waals surface area contributed by atoms with Gasteiger partial charge in [-0.15, -0.1) is 0 Å². The van der Waals surface area contributed by atoms with Gasteiger partial charge in [-0.3, -0.25) is 9.36 Å². The normalized spacial score (nSPS) is 9.42. The Bertz CT molecular complexity index is 279. The Hall–Kier alpha value is -1.65. The fourth-order valence-corrected chi connectivity index (χ4v) is 0.671. The molecular formula is C7H9N3O2. The summed E-state index contributed by atoms with van der Waals surface area (Å²) in [5, 5.41) is 2.42. The molecule has 1 heterocycles. The summed E-state index contributed by atoms with van der Waals surface area (Å²) >= 11 is 0. The quantitative estimate of drug-likeness (QED) is 0.675. The maximum absolute atomic E-state index is 11.1. The van der Waals surface area contributed by atoms with Crippen molar-refractivity contribution in [3.63, 3.8) is 0 Å². The molecule has 12 heavy (non-hydrogen) atoms. The predicted octanol–water partition coefficient (Wildman–Crippen LogP) is 0.0298. The summed E-state index contributed by atoms with van der Waals surface area (Å²) in [6.07, 6.45) is 4.37. The van der Waals surface area contributed by atoms with Gasteiger partial charge >= 0.3 is 6.03 Å². The van der Waals surface area contributed by atoms with E-state index in [2.05, 4.69) is 10.3 Å². The van der Waals surface area contributed by atoms with Gasteiger partial charge in [0.1, 0.15) is 12.1 Å². The molecule has 1 N–H and O–H groups in total. The number of ketones is 1. The Morgan fingerprint density at radius 1 is 1.58 bits per heavy atom. The minimum atomic E-state index is -0.345. The average Bonchev–Trinajstić information content (AvgIpc) is 2.51. The van der Waals surface area contributed by atoms with Crippen molar-refractivity contribution >= 4 is 11.8 Å². The van der Waals surface area contributed by atoms with Crippen molar-refractivity contribution in [2.45, 2.75) is 6.92 Å². The number of carbonyl (C=O) groups excluding carboxylic acids is 2. The van der Waals surface area contributed by atoms with Crippen molar-refractivity contribution in [3.05, 3.63) is 18.7 Å². The van der Waals surface area contributed by atoms with Crippen molar-refractivity contribution in [3.8, 4) is 0 Å². The summed E-state index contributed by atoms with van der Waals surface area (Å²) < 4.78 is 1.27. The van der Waals surface area contributed by atoms with Crippen LogP contribution >= 0.6 is 0 Å². The van der Waals surface area contributed by atoms with Crippen molar-refractivity contribution < 1.29 is 9.59 Å². The van der Waals surface area contributed by atoms with Crippen LogP contribution < -0.4 is 5.32 Å². The Morgan fingerprint density at radius 2 is 2.33 bits per heavy atom. The number of imidazole rings is 1. The molecule has 1 aromatic heterocycles. The molecule has 0 atom stereocenters. The van der Waals surface area contributed by atoms with Crippen LogP contribution in [0, 0.1) is 0 Å². The molecule has 0 radical (unpaired) electrons. The van der Waals surface area contributed by atoms with Crippen molar-refractivity contribution in [2.75, 3.05) is 6.54 Å². The highest BCUT2D eigenvalue weighted by Crippen LogP contribution is 1.83. The lowest BCUT2D eigenvalue weighted by molar-refractivity contribution is -0.116. The molecule has 5 heteroatoms. The Balaban J connectivity index is 2.45. The fraction of sp³-hybridized carbons (Fsp3) is 0.286. The SMILES string of the molecule is CC(=O)CNC(=O)n1ccnc1. The monoisotopic (exact) mass is 167 g/mol. The van der Waals surface area contributed by atoms with E-state index in [0.717, 1.165) is 0 Å². The largest absolute Gasteiger partial charge is 0.330 e. The third-order valence-electron chi connectivity index (χ3n) is 1.23. The van der Waals surface area contributed by atoms with Crippen LogP contribution in [0.1, 0.15) is 6.92 Å². The zero-order valence-electron chi connectivity index (χ0n) is 6.65. The summed E-state index contributed by atoms with van der Waals surface area (Å²) in [6.45, 7) is 1.46. The molecule has 0 unspecified atom stereocenters. The summed E-state index contributed by atoms with van der Waals surface area (Å²) in [4.78, 5) is 25.2. The Labute approximate surface area is 69.4 Å². The van der Waals surface area contributed by atoms with Gasteiger partial charge in [-0.1, -0.05) is 0 Å². The molecule has 0 spiro atoms. The second-order valence-electron chi connectivity index (χ2n) is 2.33. The van der Waals surface area contributed by atoms with Gasteiger partial charge in [-0.2, -0.15) is 0 Å². The first-order valence-corrected chi connectivity index (χ1v) is 3.46. The van der Waals surface area contributed by atoms with Gasteiger partial charge < -0.3 is 5.32 Å². The summed E-state index contributed by atoms with van der Waals surface area (Å²) in [7, 11) is 0. The molecule has 5 nitrogen and oxygen atoms in total. The van der Waals surface area contributed by atoms with Gasteiger partial charge in [0, 0.05) is 12.4 Å². The fourth-order valence-electron chi connectivity index (χ4n) is 0.671. The van der Waals surface area contributed by atoms with Crippen LogP contribution in [0.25, 0.3) is 0 Å². The van der Waals surface area contributed by atoms with E-state index in [9.17, 15) is 9.59 Å². The lowest BCUT2D eigenvalue weighted by atomic mass is 10.4. The average molecular weight is 167 g/mol. The molecular weight excluding hydrogens is 158 g/mol. The molecule has 64 valence electrons. The molecule has 0 aliphatic rings. The van der Waals surface area contributed by atoms with Crippen molar-refractivity contribution in [1.82, 2.24) is 14.9 Å². The minimum absolute atomic E-state index is 0.0526. The van der Waals surface area contributed by atoms with Crippen LogP contribution in [0.2, 0.25) is 0 Å². The first-order chi connectivity index (χ1) is 5.70. The first-order valence-electron chi connectivity index (χ1n) is 3.46. The zero-order valence-corrected chi connectivity index (χ0v) is 6.65.